The molecule has 1 aromatic rings. The molecule has 0 aliphatic carbocycles. The number of hydrogen-bond donors (Lipinski definition) is 0. The lowest BCUT2D eigenvalue weighted by Gasteiger charge is -2.01. The van der Waals surface area contributed by atoms with Crippen LogP contribution in [0.5, 0.6) is 0 Å². The fourth-order valence-corrected chi connectivity index (χ4v) is 1.41. The summed E-state index contributed by atoms with van der Waals surface area (Å²) in [6, 6.07) is 8.17. The third-order valence-electron chi connectivity index (χ3n) is 2.17. The fourth-order valence-electron chi connectivity index (χ4n) is 1.41. The third kappa shape index (κ3) is 4.04. The predicted octanol–water partition coefficient (Wildman–Crippen LogP) is 3.95. The zero-order valence-corrected chi connectivity index (χ0v) is 9.80. The van der Waals surface area contributed by atoms with Crippen molar-refractivity contribution in [3.63, 3.8) is 0 Å². The Hall–Kier alpha value is -1.48. The van der Waals surface area contributed by atoms with Gasteiger partial charge in [-0.1, -0.05) is 50.5 Å². The lowest BCUT2D eigenvalue weighted by Crippen LogP contribution is -1.88. The van der Waals surface area contributed by atoms with Gasteiger partial charge in [0.1, 0.15) is 0 Å². The van der Waals surface area contributed by atoms with Crippen LogP contribution < -0.4 is 0 Å². The van der Waals surface area contributed by atoms with E-state index < -0.39 is 0 Å². The first-order valence-corrected chi connectivity index (χ1v) is 5.35. The van der Waals surface area contributed by atoms with Gasteiger partial charge in [-0.2, -0.15) is 0 Å². The number of allylic oxidation sites excluding steroid dienone is 1. The molecular formula is C15H18. The lowest BCUT2D eigenvalue weighted by atomic mass is 10.0. The molecule has 0 aliphatic heterocycles. The van der Waals surface area contributed by atoms with Crippen molar-refractivity contribution in [2.45, 2.75) is 27.2 Å². The molecule has 78 valence electrons. The summed E-state index contributed by atoms with van der Waals surface area (Å²) < 4.78 is 0. The number of benzene rings is 1. The summed E-state index contributed by atoms with van der Waals surface area (Å²) in [7, 11) is 0. The minimum absolute atomic E-state index is 0.628. The van der Waals surface area contributed by atoms with Crippen molar-refractivity contribution in [1.82, 2.24) is 0 Å². The molecule has 0 spiro atoms. The van der Waals surface area contributed by atoms with E-state index in [-0.39, 0.29) is 0 Å². The van der Waals surface area contributed by atoms with Crippen LogP contribution in [0.15, 0.2) is 36.4 Å². The van der Waals surface area contributed by atoms with Crippen molar-refractivity contribution >= 4 is 0 Å². The predicted molar refractivity (Wildman–Crippen MR) is 66.7 cm³/mol. The highest BCUT2D eigenvalue weighted by molar-refractivity contribution is 5.44. The topological polar surface area (TPSA) is 0 Å². The third-order valence-corrected chi connectivity index (χ3v) is 2.17. The summed E-state index contributed by atoms with van der Waals surface area (Å²) in [6.45, 7) is 10.4. The van der Waals surface area contributed by atoms with Gasteiger partial charge >= 0.3 is 0 Å². The van der Waals surface area contributed by atoms with Gasteiger partial charge in [-0.05, 0) is 36.5 Å². The molecule has 0 bridgehead atoms. The van der Waals surface area contributed by atoms with E-state index in [2.05, 4.69) is 45.3 Å². The van der Waals surface area contributed by atoms with Crippen molar-refractivity contribution in [1.29, 1.82) is 0 Å². The maximum absolute atomic E-state index is 3.97. The molecule has 1 aromatic carbocycles. The molecule has 0 N–H and O–H groups in total. The van der Waals surface area contributed by atoms with Crippen molar-refractivity contribution in [2.24, 2.45) is 5.92 Å². The average Bonchev–Trinajstić information content (AvgIpc) is 2.15. The van der Waals surface area contributed by atoms with Gasteiger partial charge in [0.2, 0.25) is 0 Å². The smallest absolute Gasteiger partial charge is 0.0278 e. The zero-order chi connectivity index (χ0) is 11.3. The maximum atomic E-state index is 3.97. The van der Waals surface area contributed by atoms with E-state index in [9.17, 15) is 0 Å². The molecule has 0 unspecified atom stereocenters. The van der Waals surface area contributed by atoms with Crippen molar-refractivity contribution < 1.29 is 0 Å². The first-order chi connectivity index (χ1) is 7.09. The van der Waals surface area contributed by atoms with Gasteiger partial charge in [0.15, 0.2) is 0 Å². The monoisotopic (exact) mass is 198 g/mol. The van der Waals surface area contributed by atoms with Gasteiger partial charge in [-0.3, -0.25) is 0 Å². The first-order valence-electron chi connectivity index (χ1n) is 5.35. The van der Waals surface area contributed by atoms with E-state index in [0.717, 1.165) is 17.6 Å². The number of aryl methyl sites for hydroxylation is 1. The molecule has 0 heteroatoms. The van der Waals surface area contributed by atoms with Gasteiger partial charge in [0, 0.05) is 5.56 Å². The maximum Gasteiger partial charge on any atom is 0.0278 e. The van der Waals surface area contributed by atoms with Crippen LogP contribution in [0, 0.1) is 24.7 Å². The van der Waals surface area contributed by atoms with Crippen molar-refractivity contribution in [3.8, 4) is 11.8 Å². The molecule has 0 saturated heterocycles. The van der Waals surface area contributed by atoms with Gasteiger partial charge in [0.25, 0.3) is 0 Å². The fraction of sp³-hybridized carbons (Fsp3) is 0.333. The average molecular weight is 198 g/mol. The first kappa shape index (κ1) is 11.6. The van der Waals surface area contributed by atoms with E-state index in [1.54, 1.807) is 0 Å². The molecule has 0 heterocycles. The van der Waals surface area contributed by atoms with Crippen LogP contribution in [0.3, 0.4) is 0 Å². The molecule has 0 aliphatic rings. The molecule has 0 radical (unpaired) electrons. The standard InChI is InChI=1S/C15H18/c1-12(2)11-13(3)9-10-15-8-6-5-7-14(15)4/h5-8,12H,3,11H2,1-2,4H3. The minimum Gasteiger partial charge on any atom is -0.0874 e. The molecule has 0 aromatic heterocycles. The highest BCUT2D eigenvalue weighted by Gasteiger charge is 1.95. The molecule has 0 atom stereocenters. The number of hydrogen-bond acceptors (Lipinski definition) is 0. The second kappa shape index (κ2) is 5.41. The summed E-state index contributed by atoms with van der Waals surface area (Å²) in [5.41, 5.74) is 3.35. The van der Waals surface area contributed by atoms with Crippen LogP contribution in [0.4, 0.5) is 0 Å². The minimum atomic E-state index is 0.628. The second-order valence-corrected chi connectivity index (χ2v) is 4.27. The highest BCUT2D eigenvalue weighted by Crippen LogP contribution is 2.09. The Balaban J connectivity index is 2.74. The van der Waals surface area contributed by atoms with Crippen molar-refractivity contribution in [2.75, 3.05) is 0 Å². The van der Waals surface area contributed by atoms with E-state index in [4.69, 9.17) is 0 Å². The summed E-state index contributed by atoms with van der Waals surface area (Å²) in [5.74, 6) is 6.92. The van der Waals surface area contributed by atoms with E-state index in [0.29, 0.717) is 5.92 Å². The normalized spacial score (nSPS) is 9.60. The van der Waals surface area contributed by atoms with Gasteiger partial charge in [-0.15, -0.1) is 0 Å². The van der Waals surface area contributed by atoms with Gasteiger partial charge in [-0.25, -0.2) is 0 Å². The second-order valence-electron chi connectivity index (χ2n) is 4.27. The van der Waals surface area contributed by atoms with E-state index in [1.165, 1.54) is 5.56 Å². The summed E-state index contributed by atoms with van der Waals surface area (Å²) in [6.07, 6.45) is 0.985. The van der Waals surface area contributed by atoms with E-state index in [1.807, 2.05) is 18.2 Å². The summed E-state index contributed by atoms with van der Waals surface area (Å²) >= 11 is 0. The molecule has 0 nitrogen and oxygen atoms in total. The molecule has 0 saturated carbocycles. The van der Waals surface area contributed by atoms with E-state index >= 15 is 0 Å². The number of rotatable bonds is 2. The molecule has 0 amide bonds. The van der Waals surface area contributed by atoms with Crippen LogP contribution in [0.1, 0.15) is 31.4 Å². The summed E-state index contributed by atoms with van der Waals surface area (Å²) in [5, 5.41) is 0. The van der Waals surface area contributed by atoms with Crippen LogP contribution in [-0.2, 0) is 0 Å². The highest BCUT2D eigenvalue weighted by atomic mass is 14.0. The SMILES string of the molecule is C=C(C#Cc1ccccc1C)CC(C)C. The summed E-state index contributed by atoms with van der Waals surface area (Å²) in [4.78, 5) is 0. The van der Waals surface area contributed by atoms with Crippen LogP contribution >= 0.6 is 0 Å². The van der Waals surface area contributed by atoms with Crippen LogP contribution in [-0.4, -0.2) is 0 Å². The lowest BCUT2D eigenvalue weighted by molar-refractivity contribution is 0.653. The molecular weight excluding hydrogens is 180 g/mol. The quantitative estimate of drug-likeness (QED) is 0.631. The Morgan fingerprint density at radius 1 is 1.33 bits per heavy atom. The Kier molecular flexibility index (Phi) is 4.18. The van der Waals surface area contributed by atoms with Crippen LogP contribution in [0.2, 0.25) is 0 Å². The van der Waals surface area contributed by atoms with Crippen molar-refractivity contribution in [3.05, 3.63) is 47.5 Å². The molecule has 0 fully saturated rings. The Labute approximate surface area is 93.0 Å². The van der Waals surface area contributed by atoms with Crippen LogP contribution in [0.25, 0.3) is 0 Å². The Morgan fingerprint density at radius 2 is 2.00 bits per heavy atom. The Morgan fingerprint density at radius 3 is 2.60 bits per heavy atom. The van der Waals surface area contributed by atoms with Gasteiger partial charge < -0.3 is 0 Å². The molecule has 15 heavy (non-hydrogen) atoms. The molecule has 1 rings (SSSR count). The van der Waals surface area contributed by atoms with Gasteiger partial charge in [0.05, 0.1) is 0 Å². The largest absolute Gasteiger partial charge is 0.0874 e. The Bertz CT molecular complexity index is 400. The zero-order valence-electron chi connectivity index (χ0n) is 9.80.